The first kappa shape index (κ1) is 16.6. The summed E-state index contributed by atoms with van der Waals surface area (Å²) in [4.78, 5) is 14.2. The van der Waals surface area contributed by atoms with E-state index in [2.05, 4.69) is 5.32 Å². The number of piperidine rings is 1. The molecule has 2 aliphatic rings. The van der Waals surface area contributed by atoms with E-state index < -0.39 is 5.60 Å². The summed E-state index contributed by atoms with van der Waals surface area (Å²) in [6.45, 7) is 9.16. The number of rotatable bonds is 4. The lowest BCUT2D eigenvalue weighted by molar-refractivity contribution is 0.00956. The van der Waals surface area contributed by atoms with Gasteiger partial charge in [0.25, 0.3) is 0 Å². The van der Waals surface area contributed by atoms with Crippen LogP contribution in [0.5, 0.6) is 0 Å². The molecular formula is C16H30N2O3. The van der Waals surface area contributed by atoms with Crippen molar-refractivity contribution in [3.05, 3.63) is 0 Å². The van der Waals surface area contributed by atoms with Gasteiger partial charge in [0, 0.05) is 32.3 Å². The fourth-order valence-electron chi connectivity index (χ4n) is 2.99. The van der Waals surface area contributed by atoms with E-state index in [0.717, 1.165) is 45.5 Å². The predicted molar refractivity (Wildman–Crippen MR) is 82.4 cm³/mol. The molecule has 0 bridgehead atoms. The van der Waals surface area contributed by atoms with Crippen molar-refractivity contribution in [2.24, 2.45) is 0 Å². The van der Waals surface area contributed by atoms with Crippen molar-refractivity contribution in [1.82, 2.24) is 10.2 Å². The molecule has 5 heteroatoms. The second-order valence-corrected chi connectivity index (χ2v) is 7.12. The van der Waals surface area contributed by atoms with Crippen molar-refractivity contribution in [1.29, 1.82) is 0 Å². The molecule has 0 spiro atoms. The number of carbonyl (C=O) groups excluding carboxylic acids is 1. The van der Waals surface area contributed by atoms with E-state index in [0.29, 0.717) is 6.10 Å². The van der Waals surface area contributed by atoms with Gasteiger partial charge >= 0.3 is 6.09 Å². The second-order valence-electron chi connectivity index (χ2n) is 7.12. The summed E-state index contributed by atoms with van der Waals surface area (Å²) in [6, 6.07) is 0.245. The van der Waals surface area contributed by atoms with Crippen LogP contribution in [0.3, 0.4) is 0 Å². The number of ether oxygens (including phenoxy) is 2. The fraction of sp³-hybridized carbons (Fsp3) is 0.938. The van der Waals surface area contributed by atoms with Crippen LogP contribution in [-0.2, 0) is 9.47 Å². The normalized spacial score (nSPS) is 26.9. The van der Waals surface area contributed by atoms with Crippen molar-refractivity contribution in [2.75, 3.05) is 26.2 Å². The van der Waals surface area contributed by atoms with Crippen LogP contribution in [0, 0.1) is 0 Å². The molecule has 2 saturated heterocycles. The van der Waals surface area contributed by atoms with Crippen LogP contribution in [0.4, 0.5) is 4.79 Å². The molecule has 1 N–H and O–H groups in total. The van der Waals surface area contributed by atoms with Gasteiger partial charge in [0.2, 0.25) is 0 Å². The summed E-state index contributed by atoms with van der Waals surface area (Å²) >= 11 is 0. The third-order valence-corrected chi connectivity index (χ3v) is 4.03. The van der Waals surface area contributed by atoms with Crippen molar-refractivity contribution in [2.45, 2.75) is 70.6 Å². The molecule has 0 aromatic carbocycles. The monoisotopic (exact) mass is 298 g/mol. The quantitative estimate of drug-likeness (QED) is 0.866. The van der Waals surface area contributed by atoms with E-state index in [1.807, 2.05) is 25.7 Å². The summed E-state index contributed by atoms with van der Waals surface area (Å²) in [6.07, 6.45) is 5.80. The number of carbonyl (C=O) groups is 1. The number of hydrogen-bond acceptors (Lipinski definition) is 4. The number of likely N-dealkylation sites (tertiary alicyclic amines) is 1. The Morgan fingerprint density at radius 3 is 2.71 bits per heavy atom. The molecule has 122 valence electrons. The highest BCUT2D eigenvalue weighted by Gasteiger charge is 2.30. The highest BCUT2D eigenvalue weighted by Crippen LogP contribution is 2.20. The minimum Gasteiger partial charge on any atom is -0.444 e. The van der Waals surface area contributed by atoms with Crippen LogP contribution in [0.25, 0.3) is 0 Å². The van der Waals surface area contributed by atoms with Gasteiger partial charge in [-0.05, 0) is 52.9 Å². The first-order chi connectivity index (χ1) is 9.96. The highest BCUT2D eigenvalue weighted by atomic mass is 16.6. The van der Waals surface area contributed by atoms with E-state index in [1.165, 1.54) is 12.8 Å². The van der Waals surface area contributed by atoms with E-state index >= 15 is 0 Å². The van der Waals surface area contributed by atoms with Gasteiger partial charge in [-0.1, -0.05) is 0 Å². The lowest BCUT2D eigenvalue weighted by atomic mass is 10.0. The lowest BCUT2D eigenvalue weighted by Gasteiger charge is -2.37. The molecule has 2 unspecified atom stereocenters. The zero-order valence-electron chi connectivity index (χ0n) is 13.7. The van der Waals surface area contributed by atoms with Gasteiger partial charge in [0.05, 0.1) is 6.10 Å². The standard InChI is InChI=1S/C16H30N2O3/c1-16(2,3)21-15(19)18-9-5-4-7-13(18)11-17-12-14-8-6-10-20-14/h13-14,17H,4-12H2,1-3H3. The highest BCUT2D eigenvalue weighted by molar-refractivity contribution is 5.68. The molecule has 2 rings (SSSR count). The van der Waals surface area contributed by atoms with Crippen LogP contribution in [-0.4, -0.2) is 55.0 Å². The van der Waals surface area contributed by atoms with E-state index in [4.69, 9.17) is 9.47 Å². The maximum absolute atomic E-state index is 12.3. The van der Waals surface area contributed by atoms with Crippen LogP contribution in [0.1, 0.15) is 52.9 Å². The van der Waals surface area contributed by atoms with Gasteiger partial charge in [-0.3, -0.25) is 0 Å². The number of amides is 1. The van der Waals surface area contributed by atoms with Crippen molar-refractivity contribution < 1.29 is 14.3 Å². The zero-order chi connectivity index (χ0) is 15.3. The Hall–Kier alpha value is -0.810. The minimum absolute atomic E-state index is 0.175. The molecular weight excluding hydrogens is 268 g/mol. The average molecular weight is 298 g/mol. The summed E-state index contributed by atoms with van der Waals surface area (Å²) in [5.41, 5.74) is -0.426. The van der Waals surface area contributed by atoms with Crippen LogP contribution in [0.2, 0.25) is 0 Å². The number of nitrogens with one attached hydrogen (secondary N) is 1. The Kier molecular flexibility index (Phi) is 5.88. The van der Waals surface area contributed by atoms with Crippen LogP contribution < -0.4 is 5.32 Å². The van der Waals surface area contributed by atoms with Gasteiger partial charge in [0.1, 0.15) is 5.60 Å². The van der Waals surface area contributed by atoms with Crippen LogP contribution in [0.15, 0.2) is 0 Å². The molecule has 2 atom stereocenters. The first-order valence-electron chi connectivity index (χ1n) is 8.27. The lowest BCUT2D eigenvalue weighted by Crippen LogP contribution is -2.50. The largest absolute Gasteiger partial charge is 0.444 e. The molecule has 0 aromatic rings. The van der Waals surface area contributed by atoms with E-state index in [-0.39, 0.29) is 12.1 Å². The molecule has 0 radical (unpaired) electrons. The Morgan fingerprint density at radius 1 is 1.24 bits per heavy atom. The molecule has 21 heavy (non-hydrogen) atoms. The molecule has 1 amide bonds. The molecule has 2 aliphatic heterocycles. The van der Waals surface area contributed by atoms with Crippen molar-refractivity contribution >= 4 is 6.09 Å². The molecule has 0 aliphatic carbocycles. The third-order valence-electron chi connectivity index (χ3n) is 4.03. The summed E-state index contributed by atoms with van der Waals surface area (Å²) in [5.74, 6) is 0. The Bertz CT molecular complexity index is 335. The third kappa shape index (κ3) is 5.47. The topological polar surface area (TPSA) is 50.8 Å². The average Bonchev–Trinajstić information content (AvgIpc) is 2.90. The Morgan fingerprint density at radius 2 is 2.05 bits per heavy atom. The maximum Gasteiger partial charge on any atom is 0.410 e. The van der Waals surface area contributed by atoms with E-state index in [1.54, 1.807) is 0 Å². The smallest absolute Gasteiger partial charge is 0.410 e. The van der Waals surface area contributed by atoms with Crippen molar-refractivity contribution in [3.63, 3.8) is 0 Å². The SMILES string of the molecule is CC(C)(C)OC(=O)N1CCCCC1CNCC1CCCO1. The zero-order valence-corrected chi connectivity index (χ0v) is 13.7. The summed E-state index contributed by atoms with van der Waals surface area (Å²) < 4.78 is 11.1. The van der Waals surface area contributed by atoms with Gasteiger partial charge < -0.3 is 19.7 Å². The van der Waals surface area contributed by atoms with Gasteiger partial charge in [-0.25, -0.2) is 4.79 Å². The summed E-state index contributed by atoms with van der Waals surface area (Å²) in [7, 11) is 0. The Balaban J connectivity index is 1.79. The molecule has 5 nitrogen and oxygen atoms in total. The van der Waals surface area contributed by atoms with E-state index in [9.17, 15) is 4.79 Å². The van der Waals surface area contributed by atoms with Gasteiger partial charge in [-0.2, -0.15) is 0 Å². The molecule has 0 aromatic heterocycles. The first-order valence-corrected chi connectivity index (χ1v) is 8.27. The maximum atomic E-state index is 12.3. The molecule has 2 heterocycles. The summed E-state index contributed by atoms with van der Waals surface area (Å²) in [5, 5.41) is 3.47. The molecule has 2 fully saturated rings. The van der Waals surface area contributed by atoms with Gasteiger partial charge in [0.15, 0.2) is 0 Å². The second kappa shape index (κ2) is 7.45. The number of nitrogens with zero attached hydrogens (tertiary/aromatic N) is 1. The van der Waals surface area contributed by atoms with Crippen molar-refractivity contribution in [3.8, 4) is 0 Å². The predicted octanol–water partition coefficient (Wildman–Crippen LogP) is 2.54. The van der Waals surface area contributed by atoms with Crippen LogP contribution >= 0.6 is 0 Å². The number of hydrogen-bond donors (Lipinski definition) is 1. The van der Waals surface area contributed by atoms with Gasteiger partial charge in [-0.15, -0.1) is 0 Å². The Labute approximate surface area is 128 Å². The minimum atomic E-state index is -0.426. The molecule has 0 saturated carbocycles. The fourth-order valence-corrected chi connectivity index (χ4v) is 2.99.